The van der Waals surface area contributed by atoms with Crippen molar-refractivity contribution < 1.29 is 4.39 Å². The van der Waals surface area contributed by atoms with Crippen molar-refractivity contribution in [1.29, 1.82) is 0 Å². The standard InChI is InChI=1S/C17H18FN3/c1-2-17-20-15-5-3-4-6-16(15)21(17)11-13-9-12(10-19)7-8-14(13)18/h3-9H,2,10-11,19H2,1H3. The number of aryl methyl sites for hydroxylation is 1. The van der Waals surface area contributed by atoms with Gasteiger partial charge >= 0.3 is 0 Å². The topological polar surface area (TPSA) is 43.8 Å². The zero-order valence-corrected chi connectivity index (χ0v) is 12.0. The van der Waals surface area contributed by atoms with Crippen molar-refractivity contribution in [1.82, 2.24) is 9.55 Å². The van der Waals surface area contributed by atoms with Gasteiger partial charge in [-0.25, -0.2) is 9.37 Å². The summed E-state index contributed by atoms with van der Waals surface area (Å²) in [5.41, 5.74) is 9.22. The zero-order chi connectivity index (χ0) is 14.8. The molecular formula is C17H18FN3. The Morgan fingerprint density at radius 3 is 2.76 bits per heavy atom. The molecule has 2 N–H and O–H groups in total. The molecule has 0 aliphatic carbocycles. The molecule has 4 heteroatoms. The predicted octanol–water partition coefficient (Wildman–Crippen LogP) is 3.24. The number of hydrogen-bond acceptors (Lipinski definition) is 2. The summed E-state index contributed by atoms with van der Waals surface area (Å²) in [6.07, 6.45) is 0.812. The highest BCUT2D eigenvalue weighted by atomic mass is 19.1. The summed E-state index contributed by atoms with van der Waals surface area (Å²) in [5, 5.41) is 0. The minimum absolute atomic E-state index is 0.202. The van der Waals surface area contributed by atoms with E-state index in [1.165, 1.54) is 6.07 Å². The largest absolute Gasteiger partial charge is 0.326 e. The number of nitrogens with zero attached hydrogens (tertiary/aromatic N) is 2. The van der Waals surface area contributed by atoms with E-state index < -0.39 is 0 Å². The van der Waals surface area contributed by atoms with Gasteiger partial charge in [-0.3, -0.25) is 0 Å². The van der Waals surface area contributed by atoms with E-state index in [4.69, 9.17) is 5.73 Å². The third-order valence-corrected chi connectivity index (χ3v) is 3.72. The Labute approximate surface area is 123 Å². The molecule has 1 aromatic heterocycles. The molecule has 0 spiro atoms. The van der Waals surface area contributed by atoms with Gasteiger partial charge in [-0.1, -0.05) is 25.1 Å². The van der Waals surface area contributed by atoms with Crippen LogP contribution in [0.15, 0.2) is 42.5 Å². The molecule has 108 valence electrons. The van der Waals surface area contributed by atoms with E-state index in [1.807, 2.05) is 30.3 Å². The van der Waals surface area contributed by atoms with E-state index in [-0.39, 0.29) is 5.82 Å². The SMILES string of the molecule is CCc1nc2ccccc2n1Cc1cc(CN)ccc1F. The lowest BCUT2D eigenvalue weighted by Gasteiger charge is -2.10. The van der Waals surface area contributed by atoms with Crippen molar-refractivity contribution in [3.05, 3.63) is 65.2 Å². The first-order valence-electron chi connectivity index (χ1n) is 7.14. The zero-order valence-electron chi connectivity index (χ0n) is 12.0. The van der Waals surface area contributed by atoms with Gasteiger partial charge in [0.15, 0.2) is 0 Å². The summed E-state index contributed by atoms with van der Waals surface area (Å²) in [6, 6.07) is 13.0. The van der Waals surface area contributed by atoms with Gasteiger partial charge in [0.25, 0.3) is 0 Å². The minimum atomic E-state index is -0.202. The van der Waals surface area contributed by atoms with Crippen molar-refractivity contribution >= 4 is 11.0 Å². The molecule has 0 fully saturated rings. The van der Waals surface area contributed by atoms with E-state index in [9.17, 15) is 4.39 Å². The molecule has 1 heterocycles. The second-order valence-electron chi connectivity index (χ2n) is 5.09. The smallest absolute Gasteiger partial charge is 0.128 e. The molecule has 3 nitrogen and oxygen atoms in total. The number of rotatable bonds is 4. The van der Waals surface area contributed by atoms with Crippen LogP contribution in [0, 0.1) is 5.82 Å². The second-order valence-corrected chi connectivity index (χ2v) is 5.09. The van der Waals surface area contributed by atoms with Crippen LogP contribution in [0.25, 0.3) is 11.0 Å². The van der Waals surface area contributed by atoms with Crippen LogP contribution in [0.1, 0.15) is 23.9 Å². The van der Waals surface area contributed by atoms with Gasteiger partial charge < -0.3 is 10.3 Å². The summed E-state index contributed by atoms with van der Waals surface area (Å²) in [6.45, 7) is 2.95. The Morgan fingerprint density at radius 1 is 1.19 bits per heavy atom. The van der Waals surface area contributed by atoms with Crippen LogP contribution < -0.4 is 5.73 Å². The van der Waals surface area contributed by atoms with E-state index >= 15 is 0 Å². The molecule has 0 saturated heterocycles. The van der Waals surface area contributed by atoms with Crippen molar-refractivity contribution in [3.8, 4) is 0 Å². The molecule has 0 bridgehead atoms. The molecule has 0 atom stereocenters. The highest BCUT2D eigenvalue weighted by molar-refractivity contribution is 5.76. The van der Waals surface area contributed by atoms with Crippen molar-refractivity contribution in [2.75, 3.05) is 0 Å². The molecule has 0 amide bonds. The Hall–Kier alpha value is -2.20. The molecule has 0 radical (unpaired) electrons. The summed E-state index contributed by atoms with van der Waals surface area (Å²) < 4.78 is 16.1. The van der Waals surface area contributed by atoms with Crippen molar-refractivity contribution in [2.24, 2.45) is 5.73 Å². The molecule has 3 aromatic rings. The lowest BCUT2D eigenvalue weighted by Crippen LogP contribution is -2.07. The summed E-state index contributed by atoms with van der Waals surface area (Å²) in [4.78, 5) is 4.62. The number of nitrogens with two attached hydrogens (primary N) is 1. The summed E-state index contributed by atoms with van der Waals surface area (Å²) >= 11 is 0. The van der Waals surface area contributed by atoms with Crippen molar-refractivity contribution in [2.45, 2.75) is 26.4 Å². The maximum absolute atomic E-state index is 14.1. The maximum Gasteiger partial charge on any atom is 0.128 e. The number of para-hydroxylation sites is 2. The molecule has 0 aliphatic rings. The van der Waals surface area contributed by atoms with Crippen LogP contribution in [0.3, 0.4) is 0 Å². The first kappa shape index (κ1) is 13.8. The molecule has 0 aliphatic heterocycles. The van der Waals surface area contributed by atoms with Gasteiger partial charge in [0.1, 0.15) is 11.6 Å². The quantitative estimate of drug-likeness (QED) is 0.798. The highest BCUT2D eigenvalue weighted by Gasteiger charge is 2.11. The molecule has 0 saturated carbocycles. The van der Waals surface area contributed by atoms with E-state index in [0.717, 1.165) is 28.8 Å². The minimum Gasteiger partial charge on any atom is -0.326 e. The predicted molar refractivity (Wildman–Crippen MR) is 82.5 cm³/mol. The van der Waals surface area contributed by atoms with Crippen LogP contribution in [0.5, 0.6) is 0 Å². The lowest BCUT2D eigenvalue weighted by atomic mass is 10.1. The number of imidazole rings is 1. The van der Waals surface area contributed by atoms with Gasteiger partial charge in [0, 0.05) is 18.5 Å². The Bertz CT molecular complexity index is 777. The van der Waals surface area contributed by atoms with Crippen LogP contribution in [0.4, 0.5) is 4.39 Å². The molecule has 21 heavy (non-hydrogen) atoms. The van der Waals surface area contributed by atoms with Crippen LogP contribution in [-0.2, 0) is 19.5 Å². The summed E-state index contributed by atoms with van der Waals surface area (Å²) in [5.74, 6) is 0.765. The highest BCUT2D eigenvalue weighted by Crippen LogP contribution is 2.20. The molecule has 2 aromatic carbocycles. The van der Waals surface area contributed by atoms with Crippen LogP contribution >= 0.6 is 0 Å². The molecule has 0 unspecified atom stereocenters. The Kier molecular flexibility index (Phi) is 3.71. The first-order valence-corrected chi connectivity index (χ1v) is 7.14. The number of fused-ring (bicyclic) bond motifs is 1. The second kappa shape index (κ2) is 5.66. The number of halogens is 1. The third-order valence-electron chi connectivity index (χ3n) is 3.72. The average molecular weight is 283 g/mol. The number of benzene rings is 2. The van der Waals surface area contributed by atoms with Crippen LogP contribution in [0.2, 0.25) is 0 Å². The fourth-order valence-electron chi connectivity index (χ4n) is 2.62. The molecule has 3 rings (SSSR count). The number of hydrogen-bond donors (Lipinski definition) is 1. The fraction of sp³-hybridized carbons (Fsp3) is 0.235. The van der Waals surface area contributed by atoms with Gasteiger partial charge in [-0.05, 0) is 29.8 Å². The lowest BCUT2D eigenvalue weighted by molar-refractivity contribution is 0.596. The van der Waals surface area contributed by atoms with Crippen LogP contribution in [-0.4, -0.2) is 9.55 Å². The van der Waals surface area contributed by atoms with Gasteiger partial charge in [-0.2, -0.15) is 0 Å². The van der Waals surface area contributed by atoms with Crippen molar-refractivity contribution in [3.63, 3.8) is 0 Å². The monoisotopic (exact) mass is 283 g/mol. The first-order chi connectivity index (χ1) is 10.2. The summed E-state index contributed by atoms with van der Waals surface area (Å²) in [7, 11) is 0. The third kappa shape index (κ3) is 2.54. The maximum atomic E-state index is 14.1. The molecular weight excluding hydrogens is 265 g/mol. The van der Waals surface area contributed by atoms with Gasteiger partial charge in [-0.15, -0.1) is 0 Å². The number of aromatic nitrogens is 2. The normalized spacial score (nSPS) is 11.2. The fourth-order valence-corrected chi connectivity index (χ4v) is 2.62. The van der Waals surface area contributed by atoms with Gasteiger partial charge in [0.2, 0.25) is 0 Å². The van der Waals surface area contributed by atoms with E-state index in [0.29, 0.717) is 18.7 Å². The Balaban J connectivity index is 2.09. The Morgan fingerprint density at radius 2 is 2.00 bits per heavy atom. The van der Waals surface area contributed by atoms with E-state index in [2.05, 4.69) is 16.5 Å². The van der Waals surface area contributed by atoms with E-state index in [1.54, 1.807) is 6.07 Å². The van der Waals surface area contributed by atoms with Gasteiger partial charge in [0.05, 0.1) is 17.6 Å². The average Bonchev–Trinajstić information content (AvgIpc) is 2.87.